The second-order valence-electron chi connectivity index (χ2n) is 5.39. The fraction of sp³-hybridized carbons (Fsp3) is 0.278. The van der Waals surface area contributed by atoms with Crippen molar-refractivity contribution >= 4 is 23.0 Å². The molecule has 0 fully saturated rings. The van der Waals surface area contributed by atoms with Gasteiger partial charge in [0.25, 0.3) is 0 Å². The summed E-state index contributed by atoms with van der Waals surface area (Å²) in [6.45, 7) is 0.924. The second kappa shape index (κ2) is 9.51. The first-order valence-electron chi connectivity index (χ1n) is 7.91. The van der Waals surface area contributed by atoms with E-state index in [1.165, 1.54) is 0 Å². The van der Waals surface area contributed by atoms with Crippen LogP contribution in [0, 0.1) is 0 Å². The van der Waals surface area contributed by atoms with E-state index in [2.05, 4.69) is 10.2 Å². The van der Waals surface area contributed by atoms with Crippen LogP contribution in [0.5, 0.6) is 0 Å². The molecule has 2 rings (SSSR count). The molecule has 2 aromatic rings. The third-order valence-corrected chi connectivity index (χ3v) is 3.53. The standard InChI is InChI=1S/C18H21N3O4/c22-11-9-21(10-12-23)17-7-5-16(6-8-17)20-19-15-3-1-14(2-4-15)13-18(24)25/h1-8,22-23H,9-13H2,(H,24,25). The minimum atomic E-state index is -0.870. The van der Waals surface area contributed by atoms with Crippen LogP contribution in [0.4, 0.5) is 17.1 Å². The van der Waals surface area contributed by atoms with Crippen molar-refractivity contribution in [3.63, 3.8) is 0 Å². The second-order valence-corrected chi connectivity index (χ2v) is 5.39. The van der Waals surface area contributed by atoms with Gasteiger partial charge in [0.15, 0.2) is 0 Å². The van der Waals surface area contributed by atoms with Gasteiger partial charge in [0.05, 0.1) is 31.0 Å². The quantitative estimate of drug-likeness (QED) is 0.607. The molecule has 25 heavy (non-hydrogen) atoms. The summed E-state index contributed by atoms with van der Waals surface area (Å²) in [4.78, 5) is 12.5. The number of benzene rings is 2. The molecular weight excluding hydrogens is 322 g/mol. The van der Waals surface area contributed by atoms with Crippen LogP contribution < -0.4 is 4.90 Å². The van der Waals surface area contributed by atoms with E-state index in [0.29, 0.717) is 30.0 Å². The van der Waals surface area contributed by atoms with E-state index in [1.54, 1.807) is 36.4 Å². The van der Waals surface area contributed by atoms with Gasteiger partial charge >= 0.3 is 5.97 Å². The molecule has 0 aliphatic carbocycles. The summed E-state index contributed by atoms with van der Waals surface area (Å²) in [6.07, 6.45) is -0.0168. The lowest BCUT2D eigenvalue weighted by Crippen LogP contribution is -2.29. The van der Waals surface area contributed by atoms with Crippen molar-refractivity contribution in [1.82, 2.24) is 0 Å². The normalized spacial score (nSPS) is 11.0. The number of rotatable bonds is 9. The number of aliphatic hydroxyl groups excluding tert-OH is 2. The molecule has 0 unspecified atom stereocenters. The first kappa shape index (κ1) is 18.6. The van der Waals surface area contributed by atoms with Crippen molar-refractivity contribution in [3.05, 3.63) is 54.1 Å². The highest BCUT2D eigenvalue weighted by molar-refractivity contribution is 5.70. The van der Waals surface area contributed by atoms with Crippen LogP contribution in [0.25, 0.3) is 0 Å². The highest BCUT2D eigenvalue weighted by Crippen LogP contribution is 2.22. The van der Waals surface area contributed by atoms with Gasteiger partial charge in [-0.25, -0.2) is 0 Å². The third-order valence-electron chi connectivity index (χ3n) is 3.53. The smallest absolute Gasteiger partial charge is 0.307 e. The molecule has 0 amide bonds. The maximum Gasteiger partial charge on any atom is 0.307 e. The van der Waals surface area contributed by atoms with Gasteiger partial charge in [0.2, 0.25) is 0 Å². The zero-order chi connectivity index (χ0) is 18.1. The molecule has 2 aromatic carbocycles. The Bertz CT molecular complexity index is 693. The average molecular weight is 343 g/mol. The molecule has 132 valence electrons. The number of azo groups is 1. The Labute approximate surface area is 145 Å². The van der Waals surface area contributed by atoms with E-state index < -0.39 is 5.97 Å². The molecule has 0 saturated carbocycles. The van der Waals surface area contributed by atoms with Crippen molar-refractivity contribution in [1.29, 1.82) is 0 Å². The van der Waals surface area contributed by atoms with E-state index in [0.717, 1.165) is 5.69 Å². The summed E-state index contributed by atoms with van der Waals surface area (Å²) in [6, 6.07) is 14.2. The van der Waals surface area contributed by atoms with Crippen LogP contribution in [0.3, 0.4) is 0 Å². The number of anilines is 1. The molecule has 7 nitrogen and oxygen atoms in total. The molecule has 0 bridgehead atoms. The largest absolute Gasteiger partial charge is 0.481 e. The van der Waals surface area contributed by atoms with Gasteiger partial charge in [0.1, 0.15) is 0 Å². The van der Waals surface area contributed by atoms with Crippen molar-refractivity contribution in [3.8, 4) is 0 Å². The zero-order valence-corrected chi connectivity index (χ0v) is 13.7. The van der Waals surface area contributed by atoms with Gasteiger partial charge in [-0.3, -0.25) is 4.79 Å². The summed E-state index contributed by atoms with van der Waals surface area (Å²) in [5.41, 5.74) is 2.91. The Morgan fingerprint density at radius 1 is 0.840 bits per heavy atom. The average Bonchev–Trinajstić information content (AvgIpc) is 2.61. The first-order valence-corrected chi connectivity index (χ1v) is 7.91. The Hall–Kier alpha value is -2.77. The Morgan fingerprint density at radius 2 is 1.32 bits per heavy atom. The Kier molecular flexibility index (Phi) is 7.06. The molecule has 0 atom stereocenters. The van der Waals surface area contributed by atoms with Gasteiger partial charge in [-0.1, -0.05) is 12.1 Å². The highest BCUT2D eigenvalue weighted by Gasteiger charge is 2.05. The van der Waals surface area contributed by atoms with Crippen molar-refractivity contribution in [2.45, 2.75) is 6.42 Å². The lowest BCUT2D eigenvalue weighted by molar-refractivity contribution is -0.136. The van der Waals surface area contributed by atoms with E-state index in [1.807, 2.05) is 17.0 Å². The summed E-state index contributed by atoms with van der Waals surface area (Å²) in [7, 11) is 0. The van der Waals surface area contributed by atoms with Crippen molar-refractivity contribution in [2.24, 2.45) is 10.2 Å². The minimum absolute atomic E-state index is 0.0132. The molecule has 0 spiro atoms. The fourth-order valence-electron chi connectivity index (χ4n) is 2.31. The summed E-state index contributed by atoms with van der Waals surface area (Å²) in [5, 5.41) is 35.2. The number of hydrogen-bond acceptors (Lipinski definition) is 6. The Balaban J connectivity index is 2.02. The fourth-order valence-corrected chi connectivity index (χ4v) is 2.31. The third kappa shape index (κ3) is 5.98. The monoisotopic (exact) mass is 343 g/mol. The number of aliphatic hydroxyl groups is 2. The predicted molar refractivity (Wildman–Crippen MR) is 94.8 cm³/mol. The minimum Gasteiger partial charge on any atom is -0.481 e. The topological polar surface area (TPSA) is 106 Å². The summed E-state index contributed by atoms with van der Waals surface area (Å²) < 4.78 is 0. The SMILES string of the molecule is O=C(O)Cc1ccc(N=Nc2ccc(N(CCO)CCO)cc2)cc1. The molecule has 0 saturated heterocycles. The number of aliphatic carboxylic acids is 1. The van der Waals surface area contributed by atoms with Crippen LogP contribution in [-0.2, 0) is 11.2 Å². The van der Waals surface area contributed by atoms with Crippen molar-refractivity contribution < 1.29 is 20.1 Å². The number of nitrogens with zero attached hydrogens (tertiary/aromatic N) is 3. The highest BCUT2D eigenvalue weighted by atomic mass is 16.4. The number of carbonyl (C=O) groups is 1. The van der Waals surface area contributed by atoms with E-state index >= 15 is 0 Å². The van der Waals surface area contributed by atoms with Gasteiger partial charge in [0, 0.05) is 18.8 Å². The van der Waals surface area contributed by atoms with Crippen molar-refractivity contribution in [2.75, 3.05) is 31.2 Å². The molecule has 3 N–H and O–H groups in total. The lowest BCUT2D eigenvalue weighted by atomic mass is 10.1. The summed E-state index contributed by atoms with van der Waals surface area (Å²) >= 11 is 0. The number of carboxylic acid groups (broad SMARTS) is 1. The maximum absolute atomic E-state index is 10.6. The first-order chi connectivity index (χ1) is 12.1. The van der Waals surface area contributed by atoms with Gasteiger partial charge in [-0.15, -0.1) is 0 Å². The van der Waals surface area contributed by atoms with Gasteiger partial charge in [-0.2, -0.15) is 10.2 Å². The van der Waals surface area contributed by atoms with Crippen LogP contribution in [0.1, 0.15) is 5.56 Å². The van der Waals surface area contributed by atoms with E-state index in [-0.39, 0.29) is 19.6 Å². The number of carboxylic acids is 1. The number of hydrogen-bond donors (Lipinski definition) is 3. The predicted octanol–water partition coefficient (Wildman–Crippen LogP) is 2.52. The molecule has 0 heterocycles. The lowest BCUT2D eigenvalue weighted by Gasteiger charge is -2.22. The summed E-state index contributed by atoms with van der Waals surface area (Å²) in [5.74, 6) is -0.870. The maximum atomic E-state index is 10.6. The Morgan fingerprint density at radius 3 is 1.76 bits per heavy atom. The van der Waals surface area contributed by atoms with Crippen LogP contribution in [0.2, 0.25) is 0 Å². The van der Waals surface area contributed by atoms with E-state index in [9.17, 15) is 4.79 Å². The van der Waals surface area contributed by atoms with Crippen LogP contribution >= 0.6 is 0 Å². The molecule has 0 aromatic heterocycles. The van der Waals surface area contributed by atoms with E-state index in [4.69, 9.17) is 15.3 Å². The molecular formula is C18H21N3O4. The van der Waals surface area contributed by atoms with Gasteiger partial charge in [-0.05, 0) is 42.0 Å². The molecule has 0 aliphatic rings. The molecule has 7 heteroatoms. The molecule has 0 aliphatic heterocycles. The molecule has 0 radical (unpaired) electrons. The van der Waals surface area contributed by atoms with Crippen LogP contribution in [-0.4, -0.2) is 47.6 Å². The zero-order valence-electron chi connectivity index (χ0n) is 13.7. The van der Waals surface area contributed by atoms with Gasteiger partial charge < -0.3 is 20.2 Å². The van der Waals surface area contributed by atoms with Crippen LogP contribution in [0.15, 0.2) is 58.8 Å².